The summed E-state index contributed by atoms with van der Waals surface area (Å²) >= 11 is 0. The first-order chi connectivity index (χ1) is 13.7. The Balaban J connectivity index is 1.39. The minimum absolute atomic E-state index is 0.0136. The maximum absolute atomic E-state index is 12.9. The molecular weight excluding hydrogens is 350 g/mol. The highest BCUT2D eigenvalue weighted by Gasteiger charge is 2.33. The van der Waals surface area contributed by atoms with Crippen molar-refractivity contribution in [1.82, 2.24) is 14.8 Å². The standard InChI is InChI=1S/C23H29N3O2/c1-25-13-5-7-19(15-25)17-28-21-8-4-6-18(14-21)16-26(20-10-11-20)23(27)22-9-2-3-12-24-22/h2-4,6,8-9,12,14,19-20H,5,7,10-11,13,15-17H2,1H3. The number of benzene rings is 1. The maximum atomic E-state index is 12.9. The second-order valence-electron chi connectivity index (χ2n) is 8.11. The van der Waals surface area contributed by atoms with E-state index in [-0.39, 0.29) is 5.91 Å². The predicted octanol–water partition coefficient (Wildman–Crippen LogP) is 3.61. The van der Waals surface area contributed by atoms with Crippen LogP contribution in [0.4, 0.5) is 0 Å². The lowest BCUT2D eigenvalue weighted by Gasteiger charge is -2.29. The van der Waals surface area contributed by atoms with E-state index < -0.39 is 0 Å². The van der Waals surface area contributed by atoms with Crippen LogP contribution in [-0.2, 0) is 6.54 Å². The smallest absolute Gasteiger partial charge is 0.272 e. The van der Waals surface area contributed by atoms with Crippen molar-refractivity contribution in [2.24, 2.45) is 5.92 Å². The van der Waals surface area contributed by atoms with Crippen LogP contribution in [-0.4, -0.2) is 53.5 Å². The van der Waals surface area contributed by atoms with Crippen molar-refractivity contribution in [3.8, 4) is 5.75 Å². The van der Waals surface area contributed by atoms with Gasteiger partial charge in [-0.1, -0.05) is 18.2 Å². The van der Waals surface area contributed by atoms with Crippen LogP contribution in [0.1, 0.15) is 41.7 Å². The summed E-state index contributed by atoms with van der Waals surface area (Å²) in [5.41, 5.74) is 1.62. The molecule has 5 nitrogen and oxygen atoms in total. The van der Waals surface area contributed by atoms with Gasteiger partial charge >= 0.3 is 0 Å². The molecule has 2 fully saturated rings. The second kappa shape index (κ2) is 8.74. The molecule has 1 aliphatic carbocycles. The number of carbonyl (C=O) groups excluding carboxylic acids is 1. The summed E-state index contributed by atoms with van der Waals surface area (Å²) in [5.74, 6) is 1.50. The molecule has 1 amide bonds. The van der Waals surface area contributed by atoms with Crippen molar-refractivity contribution in [3.05, 3.63) is 59.9 Å². The molecule has 1 aromatic carbocycles. The minimum Gasteiger partial charge on any atom is -0.493 e. The van der Waals surface area contributed by atoms with E-state index in [1.54, 1.807) is 12.3 Å². The number of amides is 1. The SMILES string of the molecule is CN1CCCC(COc2cccc(CN(C(=O)c3ccccn3)C3CC3)c2)C1. The summed E-state index contributed by atoms with van der Waals surface area (Å²) in [6, 6.07) is 14.0. The lowest BCUT2D eigenvalue weighted by molar-refractivity contribution is 0.0723. The lowest BCUT2D eigenvalue weighted by Crippen LogP contribution is -2.34. The molecule has 1 saturated heterocycles. The van der Waals surface area contributed by atoms with E-state index in [4.69, 9.17) is 4.74 Å². The minimum atomic E-state index is 0.0136. The fraction of sp³-hybridized carbons (Fsp3) is 0.478. The molecule has 5 heteroatoms. The molecule has 1 atom stereocenters. The van der Waals surface area contributed by atoms with Crippen molar-refractivity contribution in [1.29, 1.82) is 0 Å². The fourth-order valence-electron chi connectivity index (χ4n) is 3.94. The molecule has 2 heterocycles. The zero-order valence-corrected chi connectivity index (χ0v) is 16.6. The van der Waals surface area contributed by atoms with Crippen LogP contribution in [0.5, 0.6) is 5.75 Å². The third kappa shape index (κ3) is 4.90. The second-order valence-corrected chi connectivity index (χ2v) is 8.11. The number of aromatic nitrogens is 1. The third-order valence-corrected chi connectivity index (χ3v) is 5.59. The van der Waals surface area contributed by atoms with Crippen molar-refractivity contribution >= 4 is 5.91 Å². The number of ether oxygens (including phenoxy) is 1. The first kappa shape index (κ1) is 18.9. The Morgan fingerprint density at radius 1 is 1.21 bits per heavy atom. The molecule has 2 aliphatic rings. The Morgan fingerprint density at radius 3 is 2.86 bits per heavy atom. The molecular formula is C23H29N3O2. The number of hydrogen-bond donors (Lipinski definition) is 0. The predicted molar refractivity (Wildman–Crippen MR) is 109 cm³/mol. The van der Waals surface area contributed by atoms with Crippen LogP contribution >= 0.6 is 0 Å². The molecule has 148 valence electrons. The molecule has 0 radical (unpaired) electrons. The van der Waals surface area contributed by atoms with Gasteiger partial charge in [0.2, 0.25) is 0 Å². The molecule has 1 unspecified atom stereocenters. The van der Waals surface area contributed by atoms with E-state index in [1.165, 1.54) is 19.4 Å². The molecule has 1 aliphatic heterocycles. The summed E-state index contributed by atoms with van der Waals surface area (Å²) in [7, 11) is 2.18. The molecule has 2 aromatic rings. The van der Waals surface area contributed by atoms with Gasteiger partial charge in [0, 0.05) is 31.2 Å². The van der Waals surface area contributed by atoms with Crippen LogP contribution < -0.4 is 4.74 Å². The zero-order chi connectivity index (χ0) is 19.3. The normalized spacial score (nSPS) is 20.0. The van der Waals surface area contributed by atoms with Crippen LogP contribution in [0.3, 0.4) is 0 Å². The quantitative estimate of drug-likeness (QED) is 0.737. The molecule has 0 spiro atoms. The number of nitrogens with zero attached hydrogens (tertiary/aromatic N) is 3. The largest absolute Gasteiger partial charge is 0.493 e. The third-order valence-electron chi connectivity index (χ3n) is 5.59. The Labute approximate surface area is 167 Å². The molecule has 0 bridgehead atoms. The van der Waals surface area contributed by atoms with Gasteiger partial charge in [-0.25, -0.2) is 0 Å². The van der Waals surface area contributed by atoms with Gasteiger partial charge in [-0.15, -0.1) is 0 Å². The topological polar surface area (TPSA) is 45.7 Å². The zero-order valence-electron chi connectivity index (χ0n) is 16.6. The number of pyridine rings is 1. The van der Waals surface area contributed by atoms with Crippen LogP contribution in [0.25, 0.3) is 0 Å². The van der Waals surface area contributed by atoms with Gasteiger partial charge < -0.3 is 14.5 Å². The van der Waals surface area contributed by atoms with E-state index >= 15 is 0 Å². The monoisotopic (exact) mass is 379 g/mol. The molecule has 28 heavy (non-hydrogen) atoms. The van der Waals surface area contributed by atoms with Gasteiger partial charge in [-0.3, -0.25) is 9.78 Å². The van der Waals surface area contributed by atoms with E-state index in [0.717, 1.165) is 37.3 Å². The Morgan fingerprint density at radius 2 is 2.11 bits per heavy atom. The number of hydrogen-bond acceptors (Lipinski definition) is 4. The van der Waals surface area contributed by atoms with Gasteiger partial charge in [-0.2, -0.15) is 0 Å². The average molecular weight is 380 g/mol. The van der Waals surface area contributed by atoms with Crippen molar-refractivity contribution in [3.63, 3.8) is 0 Å². The van der Waals surface area contributed by atoms with Crippen LogP contribution in [0, 0.1) is 5.92 Å². The summed E-state index contributed by atoms with van der Waals surface area (Å²) in [5, 5.41) is 0. The average Bonchev–Trinajstić information content (AvgIpc) is 3.56. The number of rotatable bonds is 7. The van der Waals surface area contributed by atoms with Gasteiger partial charge in [0.05, 0.1) is 6.61 Å². The summed E-state index contributed by atoms with van der Waals surface area (Å²) in [6.07, 6.45) is 6.30. The number of piperidine rings is 1. The summed E-state index contributed by atoms with van der Waals surface area (Å²) in [4.78, 5) is 21.5. The Bertz CT molecular complexity index is 791. The van der Waals surface area contributed by atoms with E-state index in [1.807, 2.05) is 29.2 Å². The van der Waals surface area contributed by atoms with E-state index in [0.29, 0.717) is 24.2 Å². The molecule has 1 aromatic heterocycles. The highest BCUT2D eigenvalue weighted by molar-refractivity contribution is 5.92. The molecule has 0 N–H and O–H groups in total. The number of likely N-dealkylation sites (tertiary alicyclic amines) is 1. The fourth-order valence-corrected chi connectivity index (χ4v) is 3.94. The maximum Gasteiger partial charge on any atom is 0.272 e. The van der Waals surface area contributed by atoms with Gasteiger partial charge in [-0.05, 0) is 69.1 Å². The van der Waals surface area contributed by atoms with Crippen LogP contribution in [0.2, 0.25) is 0 Å². The lowest BCUT2D eigenvalue weighted by atomic mass is 9.99. The van der Waals surface area contributed by atoms with Crippen molar-refractivity contribution in [2.45, 2.75) is 38.3 Å². The van der Waals surface area contributed by atoms with E-state index in [9.17, 15) is 4.79 Å². The Hall–Kier alpha value is -2.40. The van der Waals surface area contributed by atoms with Crippen LogP contribution in [0.15, 0.2) is 48.7 Å². The Kier molecular flexibility index (Phi) is 5.91. The first-order valence-electron chi connectivity index (χ1n) is 10.3. The van der Waals surface area contributed by atoms with Crippen molar-refractivity contribution in [2.75, 3.05) is 26.7 Å². The number of carbonyl (C=O) groups is 1. The highest BCUT2D eigenvalue weighted by Crippen LogP contribution is 2.30. The van der Waals surface area contributed by atoms with E-state index in [2.05, 4.69) is 29.1 Å². The van der Waals surface area contributed by atoms with Crippen molar-refractivity contribution < 1.29 is 9.53 Å². The van der Waals surface area contributed by atoms with Gasteiger partial charge in [0.15, 0.2) is 0 Å². The highest BCUT2D eigenvalue weighted by atomic mass is 16.5. The van der Waals surface area contributed by atoms with Gasteiger partial charge in [0.25, 0.3) is 5.91 Å². The first-order valence-corrected chi connectivity index (χ1v) is 10.3. The molecule has 1 saturated carbocycles. The molecule has 4 rings (SSSR count). The summed E-state index contributed by atoms with van der Waals surface area (Å²) < 4.78 is 6.09. The van der Waals surface area contributed by atoms with Gasteiger partial charge in [0.1, 0.15) is 11.4 Å². The summed E-state index contributed by atoms with van der Waals surface area (Å²) in [6.45, 7) is 3.65.